The number of aliphatic hydroxyl groups excluding tert-OH is 2. The Kier molecular flexibility index (Phi) is 52.6. The number of carbonyl (C=O) groups is 2. The Bertz CT molecular complexity index is 1100. The van der Waals surface area contributed by atoms with Crippen molar-refractivity contribution in [2.45, 2.75) is 302 Å². The summed E-state index contributed by atoms with van der Waals surface area (Å²) in [5.41, 5.74) is 0. The van der Waals surface area contributed by atoms with E-state index in [1.807, 2.05) is 6.08 Å². The predicted octanol–water partition coefficient (Wildman–Crippen LogP) is 17.4. The lowest BCUT2D eigenvalue weighted by molar-refractivity contribution is -0.143. The van der Waals surface area contributed by atoms with Gasteiger partial charge in [0.05, 0.1) is 25.4 Å². The summed E-state index contributed by atoms with van der Waals surface area (Å²) in [5, 5.41) is 23.1. The van der Waals surface area contributed by atoms with E-state index in [9.17, 15) is 19.8 Å². The van der Waals surface area contributed by atoms with Crippen molar-refractivity contribution in [3.8, 4) is 0 Å². The number of allylic oxidation sites excluding steroid dienone is 7. The van der Waals surface area contributed by atoms with Gasteiger partial charge in [0.1, 0.15) is 0 Å². The summed E-state index contributed by atoms with van der Waals surface area (Å²) in [4.78, 5) is 24.5. The summed E-state index contributed by atoms with van der Waals surface area (Å²) in [5.74, 6) is -0.109. The van der Waals surface area contributed by atoms with Crippen molar-refractivity contribution in [1.29, 1.82) is 0 Å². The monoisotopic (exact) mass is 912 g/mol. The molecule has 6 heteroatoms. The van der Waals surface area contributed by atoms with Crippen LogP contribution < -0.4 is 5.32 Å². The maximum atomic E-state index is 12.4. The van der Waals surface area contributed by atoms with Crippen molar-refractivity contribution in [3.63, 3.8) is 0 Å². The summed E-state index contributed by atoms with van der Waals surface area (Å²) in [7, 11) is 0. The van der Waals surface area contributed by atoms with Crippen LogP contribution in [-0.4, -0.2) is 47.4 Å². The van der Waals surface area contributed by atoms with Gasteiger partial charge >= 0.3 is 5.97 Å². The molecule has 0 aliphatic carbocycles. The van der Waals surface area contributed by atoms with E-state index in [2.05, 4.69) is 55.6 Å². The predicted molar refractivity (Wildman–Crippen MR) is 282 cm³/mol. The van der Waals surface area contributed by atoms with Gasteiger partial charge in [-0.2, -0.15) is 0 Å². The quantitative estimate of drug-likeness (QED) is 0.0321. The van der Waals surface area contributed by atoms with Gasteiger partial charge in [0.25, 0.3) is 0 Å². The van der Waals surface area contributed by atoms with E-state index in [-0.39, 0.29) is 18.5 Å². The van der Waals surface area contributed by atoms with E-state index in [4.69, 9.17) is 4.74 Å². The van der Waals surface area contributed by atoms with Gasteiger partial charge in [0.2, 0.25) is 5.91 Å². The summed E-state index contributed by atoms with van der Waals surface area (Å²) in [6.45, 7) is 4.85. The van der Waals surface area contributed by atoms with Gasteiger partial charge in [-0.25, -0.2) is 0 Å². The fourth-order valence-electron chi connectivity index (χ4n) is 8.42. The number of carbonyl (C=O) groups excluding carboxylic acids is 2. The molecule has 0 spiro atoms. The van der Waals surface area contributed by atoms with Crippen molar-refractivity contribution in [2.75, 3.05) is 13.2 Å². The lowest BCUT2D eigenvalue weighted by atomic mass is 10.0. The molecule has 2 unspecified atom stereocenters. The second-order valence-electron chi connectivity index (χ2n) is 19.3. The Morgan fingerprint density at radius 2 is 0.769 bits per heavy atom. The Balaban J connectivity index is 3.54. The van der Waals surface area contributed by atoms with Crippen LogP contribution in [0.15, 0.2) is 48.6 Å². The van der Waals surface area contributed by atoms with Crippen LogP contribution in [-0.2, 0) is 14.3 Å². The number of amides is 1. The number of ether oxygens (including phenoxy) is 1. The third kappa shape index (κ3) is 51.1. The van der Waals surface area contributed by atoms with Gasteiger partial charge in [0, 0.05) is 12.8 Å². The zero-order chi connectivity index (χ0) is 47.2. The first-order valence-corrected chi connectivity index (χ1v) is 28.4. The van der Waals surface area contributed by atoms with E-state index in [0.29, 0.717) is 19.4 Å². The van der Waals surface area contributed by atoms with E-state index < -0.39 is 12.1 Å². The molecule has 0 saturated heterocycles. The van der Waals surface area contributed by atoms with Crippen LogP contribution in [0, 0.1) is 0 Å². The molecule has 65 heavy (non-hydrogen) atoms. The van der Waals surface area contributed by atoms with Gasteiger partial charge in [-0.15, -0.1) is 0 Å². The highest BCUT2D eigenvalue weighted by Crippen LogP contribution is 2.15. The van der Waals surface area contributed by atoms with Crippen LogP contribution in [0.3, 0.4) is 0 Å². The first kappa shape index (κ1) is 62.8. The van der Waals surface area contributed by atoms with Gasteiger partial charge < -0.3 is 20.3 Å². The molecular formula is C59H109NO5. The number of hydrogen-bond acceptors (Lipinski definition) is 5. The summed E-state index contributed by atoms with van der Waals surface area (Å²) in [6, 6.07) is -0.641. The van der Waals surface area contributed by atoms with Crippen LogP contribution in [0.4, 0.5) is 0 Å². The molecular weight excluding hydrogens is 803 g/mol. The summed E-state index contributed by atoms with van der Waals surface area (Å²) >= 11 is 0. The Morgan fingerprint density at radius 1 is 0.431 bits per heavy atom. The summed E-state index contributed by atoms with van der Waals surface area (Å²) in [6.07, 6.45) is 68.4. The van der Waals surface area contributed by atoms with Gasteiger partial charge in [-0.05, 0) is 96.3 Å². The second-order valence-corrected chi connectivity index (χ2v) is 19.3. The van der Waals surface area contributed by atoms with Crippen molar-refractivity contribution in [2.24, 2.45) is 0 Å². The average molecular weight is 913 g/mol. The van der Waals surface area contributed by atoms with Crippen LogP contribution in [0.25, 0.3) is 0 Å². The van der Waals surface area contributed by atoms with Crippen molar-refractivity contribution >= 4 is 11.9 Å². The van der Waals surface area contributed by atoms with Gasteiger partial charge in [-0.1, -0.05) is 229 Å². The minimum Gasteiger partial charge on any atom is -0.466 e. The van der Waals surface area contributed by atoms with E-state index >= 15 is 0 Å². The molecule has 0 aliphatic rings. The standard InChI is InChI=1S/C59H109NO5/c1-3-5-7-9-11-13-15-17-19-24-27-31-35-39-43-47-51-57(62)56(55-61)60-58(63)52-48-44-40-36-32-28-25-21-20-22-26-30-34-38-42-46-50-54-65-59(64)53-49-45-41-37-33-29-23-18-16-14-12-10-8-6-4-2/h18,20,22-23,30,34,47,51,56-57,61-62H,3-17,19,21,24-29,31-33,35-46,48-50,52-55H2,1-2H3,(H,60,63)/b22-20-,23-18-,34-30-,51-47+. The molecule has 0 aliphatic heterocycles. The van der Waals surface area contributed by atoms with Crippen LogP contribution in [0.1, 0.15) is 290 Å². The maximum absolute atomic E-state index is 12.4. The third-order valence-electron chi connectivity index (χ3n) is 12.8. The molecule has 1 amide bonds. The van der Waals surface area contributed by atoms with Crippen LogP contribution in [0.2, 0.25) is 0 Å². The minimum absolute atomic E-state index is 0.0248. The molecule has 0 heterocycles. The fraction of sp³-hybridized carbons (Fsp3) is 0.831. The average Bonchev–Trinajstić information content (AvgIpc) is 3.31. The highest BCUT2D eigenvalue weighted by molar-refractivity contribution is 5.76. The molecule has 0 aromatic heterocycles. The first-order chi connectivity index (χ1) is 32.0. The number of rotatable bonds is 52. The molecule has 3 N–H and O–H groups in total. The lowest BCUT2D eigenvalue weighted by Gasteiger charge is -2.20. The largest absolute Gasteiger partial charge is 0.466 e. The molecule has 0 saturated carbocycles. The van der Waals surface area contributed by atoms with Gasteiger partial charge in [0.15, 0.2) is 0 Å². The minimum atomic E-state index is -0.856. The van der Waals surface area contributed by atoms with Crippen molar-refractivity contribution in [1.82, 2.24) is 5.32 Å². The van der Waals surface area contributed by atoms with E-state index in [1.54, 1.807) is 6.08 Å². The number of esters is 1. The molecule has 2 atom stereocenters. The molecule has 6 nitrogen and oxygen atoms in total. The van der Waals surface area contributed by atoms with Gasteiger partial charge in [-0.3, -0.25) is 9.59 Å². The maximum Gasteiger partial charge on any atom is 0.305 e. The number of hydrogen-bond donors (Lipinski definition) is 3. The normalized spacial score (nSPS) is 13.0. The fourth-order valence-corrected chi connectivity index (χ4v) is 8.42. The highest BCUT2D eigenvalue weighted by Gasteiger charge is 2.18. The number of nitrogens with one attached hydrogen (secondary N) is 1. The van der Waals surface area contributed by atoms with Crippen LogP contribution >= 0.6 is 0 Å². The zero-order valence-electron chi connectivity index (χ0n) is 43.2. The Labute approximate surface area is 404 Å². The topological polar surface area (TPSA) is 95.9 Å². The zero-order valence-corrected chi connectivity index (χ0v) is 43.2. The Hall–Kier alpha value is -2.18. The molecule has 0 aromatic rings. The number of unbranched alkanes of at least 4 members (excludes halogenated alkanes) is 35. The lowest BCUT2D eigenvalue weighted by Crippen LogP contribution is -2.45. The van der Waals surface area contributed by atoms with E-state index in [0.717, 1.165) is 83.5 Å². The molecule has 0 aromatic carbocycles. The smallest absolute Gasteiger partial charge is 0.305 e. The third-order valence-corrected chi connectivity index (χ3v) is 12.8. The molecule has 0 fully saturated rings. The second kappa shape index (κ2) is 54.4. The Morgan fingerprint density at radius 3 is 1.18 bits per heavy atom. The SMILES string of the molecule is CCCCCCCC/C=C\CCCCCCCC(=O)OCCCCC/C=C\C/C=C\CCCCCCCCCC(=O)NC(CO)C(O)/C=C/CCCCCCCCCCCCCCCC. The first-order valence-electron chi connectivity index (χ1n) is 28.4. The van der Waals surface area contributed by atoms with Crippen molar-refractivity contribution in [3.05, 3.63) is 48.6 Å². The molecule has 0 rings (SSSR count). The molecule has 380 valence electrons. The molecule has 0 radical (unpaired) electrons. The number of aliphatic hydroxyl groups is 2. The van der Waals surface area contributed by atoms with E-state index in [1.165, 1.54) is 180 Å². The summed E-state index contributed by atoms with van der Waals surface area (Å²) < 4.78 is 5.45. The van der Waals surface area contributed by atoms with Crippen molar-refractivity contribution < 1.29 is 24.5 Å². The highest BCUT2D eigenvalue weighted by atomic mass is 16.5. The van der Waals surface area contributed by atoms with Crippen LogP contribution in [0.5, 0.6) is 0 Å². The molecule has 0 bridgehead atoms.